The average Bonchev–Trinajstić information content (AvgIpc) is 2.49. The Hall–Kier alpha value is -1.59. The first kappa shape index (κ1) is 14.8. The van der Waals surface area contributed by atoms with Gasteiger partial charge in [-0.2, -0.15) is 0 Å². The SMILES string of the molecule is COc1cc(OCCN2CCN(C)CC2)ccc1C=O. The van der Waals surface area contributed by atoms with Gasteiger partial charge in [-0.05, 0) is 19.2 Å². The van der Waals surface area contributed by atoms with Gasteiger partial charge in [-0.1, -0.05) is 0 Å². The Kier molecular flexibility index (Phi) is 5.38. The van der Waals surface area contributed by atoms with Gasteiger partial charge in [0.05, 0.1) is 12.7 Å². The fourth-order valence-corrected chi connectivity index (χ4v) is 2.24. The highest BCUT2D eigenvalue weighted by Gasteiger charge is 2.13. The molecule has 0 bridgehead atoms. The van der Waals surface area contributed by atoms with E-state index < -0.39 is 0 Å². The lowest BCUT2D eigenvalue weighted by Crippen LogP contribution is -2.45. The minimum Gasteiger partial charge on any atom is -0.496 e. The quantitative estimate of drug-likeness (QED) is 0.730. The Balaban J connectivity index is 1.80. The smallest absolute Gasteiger partial charge is 0.153 e. The second kappa shape index (κ2) is 7.26. The minimum absolute atomic E-state index is 0.541. The molecule has 0 atom stereocenters. The maximum Gasteiger partial charge on any atom is 0.153 e. The van der Waals surface area contributed by atoms with Crippen LogP contribution in [0.15, 0.2) is 18.2 Å². The van der Waals surface area contributed by atoms with Crippen molar-refractivity contribution in [1.82, 2.24) is 9.80 Å². The molecule has 0 spiro atoms. The number of benzene rings is 1. The van der Waals surface area contributed by atoms with Crippen molar-refractivity contribution in [3.05, 3.63) is 23.8 Å². The van der Waals surface area contributed by atoms with E-state index in [4.69, 9.17) is 9.47 Å². The summed E-state index contributed by atoms with van der Waals surface area (Å²) in [4.78, 5) is 15.5. The van der Waals surface area contributed by atoms with Crippen LogP contribution in [0.3, 0.4) is 0 Å². The molecular formula is C15H22N2O3. The first-order valence-corrected chi connectivity index (χ1v) is 6.90. The Morgan fingerprint density at radius 1 is 1.25 bits per heavy atom. The summed E-state index contributed by atoms with van der Waals surface area (Å²) in [7, 11) is 3.70. The number of methoxy groups -OCH3 is 1. The monoisotopic (exact) mass is 278 g/mol. The number of likely N-dealkylation sites (N-methyl/N-ethyl adjacent to an activating group) is 1. The summed E-state index contributed by atoms with van der Waals surface area (Å²) < 4.78 is 10.9. The molecule has 0 aromatic heterocycles. The molecule has 0 aliphatic carbocycles. The van der Waals surface area contributed by atoms with Crippen LogP contribution in [-0.4, -0.2) is 69.6 Å². The molecule has 1 aliphatic heterocycles. The highest BCUT2D eigenvalue weighted by Crippen LogP contribution is 2.23. The van der Waals surface area contributed by atoms with Gasteiger partial charge in [-0.25, -0.2) is 0 Å². The average molecular weight is 278 g/mol. The molecule has 110 valence electrons. The van der Waals surface area contributed by atoms with Gasteiger partial charge in [0.15, 0.2) is 6.29 Å². The third-order valence-corrected chi connectivity index (χ3v) is 3.60. The molecule has 20 heavy (non-hydrogen) atoms. The van der Waals surface area contributed by atoms with Gasteiger partial charge in [-0.3, -0.25) is 9.69 Å². The van der Waals surface area contributed by atoms with Gasteiger partial charge in [-0.15, -0.1) is 0 Å². The topological polar surface area (TPSA) is 42.0 Å². The predicted molar refractivity (Wildman–Crippen MR) is 77.8 cm³/mol. The number of aldehydes is 1. The molecule has 1 aromatic rings. The van der Waals surface area contributed by atoms with Crippen molar-refractivity contribution in [1.29, 1.82) is 0 Å². The summed E-state index contributed by atoms with van der Waals surface area (Å²) in [5.74, 6) is 1.29. The number of hydrogen-bond donors (Lipinski definition) is 0. The van der Waals surface area contributed by atoms with Crippen LogP contribution in [0, 0.1) is 0 Å². The Labute approximate surface area is 120 Å². The summed E-state index contributed by atoms with van der Waals surface area (Å²) >= 11 is 0. The van der Waals surface area contributed by atoms with Crippen molar-refractivity contribution < 1.29 is 14.3 Å². The van der Waals surface area contributed by atoms with Crippen molar-refractivity contribution in [2.45, 2.75) is 0 Å². The van der Waals surface area contributed by atoms with Crippen LogP contribution in [0.4, 0.5) is 0 Å². The number of carbonyl (C=O) groups is 1. The van der Waals surface area contributed by atoms with E-state index in [0.717, 1.165) is 44.8 Å². The van der Waals surface area contributed by atoms with Crippen LogP contribution >= 0.6 is 0 Å². The molecule has 1 aromatic carbocycles. The normalized spacial score (nSPS) is 16.9. The summed E-state index contributed by atoms with van der Waals surface area (Å²) in [6.07, 6.45) is 0.785. The first-order valence-electron chi connectivity index (χ1n) is 6.90. The molecule has 0 radical (unpaired) electrons. The van der Waals surface area contributed by atoms with Crippen molar-refractivity contribution >= 4 is 6.29 Å². The van der Waals surface area contributed by atoms with Crippen LogP contribution in [-0.2, 0) is 0 Å². The van der Waals surface area contributed by atoms with Gasteiger partial charge in [0.2, 0.25) is 0 Å². The molecule has 1 heterocycles. The second-order valence-electron chi connectivity index (χ2n) is 5.01. The Morgan fingerprint density at radius 3 is 2.65 bits per heavy atom. The summed E-state index contributed by atoms with van der Waals surface area (Å²) in [5.41, 5.74) is 0.541. The standard InChI is InChI=1S/C15H22N2O3/c1-16-5-7-17(8-6-16)9-10-20-14-4-3-13(12-18)15(11-14)19-2/h3-4,11-12H,5-10H2,1-2H3. The van der Waals surface area contributed by atoms with E-state index in [1.165, 1.54) is 0 Å². The van der Waals surface area contributed by atoms with E-state index in [2.05, 4.69) is 16.8 Å². The van der Waals surface area contributed by atoms with E-state index in [0.29, 0.717) is 17.9 Å². The fraction of sp³-hybridized carbons (Fsp3) is 0.533. The van der Waals surface area contributed by atoms with Gasteiger partial charge >= 0.3 is 0 Å². The molecular weight excluding hydrogens is 256 g/mol. The van der Waals surface area contributed by atoms with E-state index in [9.17, 15) is 4.79 Å². The summed E-state index contributed by atoms with van der Waals surface area (Å²) in [6.45, 7) is 5.98. The van der Waals surface area contributed by atoms with Crippen LogP contribution < -0.4 is 9.47 Å². The highest BCUT2D eigenvalue weighted by atomic mass is 16.5. The van der Waals surface area contributed by atoms with E-state index >= 15 is 0 Å². The van der Waals surface area contributed by atoms with Gasteiger partial charge < -0.3 is 14.4 Å². The first-order chi connectivity index (χ1) is 9.72. The molecule has 0 saturated carbocycles. The Morgan fingerprint density at radius 2 is 2.00 bits per heavy atom. The number of hydrogen-bond acceptors (Lipinski definition) is 5. The minimum atomic E-state index is 0.541. The van der Waals surface area contributed by atoms with Crippen LogP contribution in [0.1, 0.15) is 10.4 Å². The van der Waals surface area contributed by atoms with Crippen molar-refractivity contribution in [2.24, 2.45) is 0 Å². The zero-order valence-corrected chi connectivity index (χ0v) is 12.2. The molecule has 5 heteroatoms. The third kappa shape index (κ3) is 3.95. The van der Waals surface area contributed by atoms with Crippen LogP contribution in [0.2, 0.25) is 0 Å². The van der Waals surface area contributed by atoms with E-state index in [1.54, 1.807) is 25.3 Å². The number of piperazine rings is 1. The largest absolute Gasteiger partial charge is 0.496 e. The predicted octanol–water partition coefficient (Wildman–Crippen LogP) is 1.13. The zero-order valence-electron chi connectivity index (χ0n) is 12.2. The van der Waals surface area contributed by atoms with Crippen molar-refractivity contribution in [2.75, 3.05) is 53.5 Å². The number of rotatable bonds is 6. The molecule has 0 unspecified atom stereocenters. The van der Waals surface area contributed by atoms with Crippen molar-refractivity contribution in [3.63, 3.8) is 0 Å². The maximum atomic E-state index is 10.8. The molecule has 2 rings (SSSR count). The van der Waals surface area contributed by atoms with Crippen molar-refractivity contribution in [3.8, 4) is 11.5 Å². The highest BCUT2D eigenvalue weighted by molar-refractivity contribution is 5.79. The third-order valence-electron chi connectivity index (χ3n) is 3.60. The molecule has 5 nitrogen and oxygen atoms in total. The molecule has 1 fully saturated rings. The number of ether oxygens (including phenoxy) is 2. The van der Waals surface area contributed by atoms with Crippen LogP contribution in [0.5, 0.6) is 11.5 Å². The van der Waals surface area contributed by atoms with Gasteiger partial charge in [0.25, 0.3) is 0 Å². The second-order valence-corrected chi connectivity index (χ2v) is 5.01. The number of carbonyl (C=O) groups excluding carboxylic acids is 1. The van der Waals surface area contributed by atoms with Crippen LogP contribution in [0.25, 0.3) is 0 Å². The molecule has 1 saturated heterocycles. The van der Waals surface area contributed by atoms with Gasteiger partial charge in [0, 0.05) is 38.8 Å². The summed E-state index contributed by atoms with van der Waals surface area (Å²) in [6, 6.07) is 5.28. The van der Waals surface area contributed by atoms with E-state index in [-0.39, 0.29) is 0 Å². The number of nitrogens with zero attached hydrogens (tertiary/aromatic N) is 2. The maximum absolute atomic E-state index is 10.8. The lowest BCUT2D eigenvalue weighted by atomic mass is 10.2. The fourth-order valence-electron chi connectivity index (χ4n) is 2.24. The van der Waals surface area contributed by atoms with E-state index in [1.807, 2.05) is 0 Å². The summed E-state index contributed by atoms with van der Waals surface area (Å²) in [5, 5.41) is 0. The van der Waals surface area contributed by atoms with Gasteiger partial charge in [0.1, 0.15) is 18.1 Å². The molecule has 0 amide bonds. The lowest BCUT2D eigenvalue weighted by Gasteiger charge is -2.32. The zero-order chi connectivity index (χ0) is 14.4. The Bertz CT molecular complexity index is 443. The molecule has 0 N–H and O–H groups in total. The molecule has 1 aliphatic rings. The lowest BCUT2D eigenvalue weighted by molar-refractivity contribution is 0.112.